The Morgan fingerprint density at radius 1 is 1.08 bits per heavy atom. The van der Waals surface area contributed by atoms with Crippen LogP contribution in [0.5, 0.6) is 0 Å². The molecule has 0 radical (unpaired) electrons. The zero-order chi connectivity index (χ0) is 18.3. The highest BCUT2D eigenvalue weighted by Crippen LogP contribution is 2.34. The minimum absolute atomic E-state index is 0.305. The van der Waals surface area contributed by atoms with Gasteiger partial charge < -0.3 is 9.47 Å². The summed E-state index contributed by atoms with van der Waals surface area (Å²) in [6.07, 6.45) is 5.12. The molecule has 26 heavy (non-hydrogen) atoms. The third-order valence-corrected chi connectivity index (χ3v) is 5.91. The van der Waals surface area contributed by atoms with Crippen LogP contribution in [0.2, 0.25) is 0 Å². The average Bonchev–Trinajstić information content (AvgIpc) is 3.19. The maximum Gasteiger partial charge on any atom is 0.357 e. The number of pyridine rings is 1. The highest BCUT2D eigenvalue weighted by atomic mass is 16.6. The van der Waals surface area contributed by atoms with Gasteiger partial charge in [-0.2, -0.15) is 0 Å². The summed E-state index contributed by atoms with van der Waals surface area (Å²) in [4.78, 5) is 28.4. The average molecular weight is 356 g/mol. The Bertz CT molecular complexity index is 894. The lowest BCUT2D eigenvalue weighted by Crippen LogP contribution is -2.50. The van der Waals surface area contributed by atoms with E-state index in [0.29, 0.717) is 24.8 Å². The molecule has 1 saturated carbocycles. The molecule has 138 valence electrons. The van der Waals surface area contributed by atoms with Gasteiger partial charge in [0.2, 0.25) is 0 Å². The Hall–Kier alpha value is -2.41. The molecule has 2 aliphatic rings. The summed E-state index contributed by atoms with van der Waals surface area (Å²) < 4.78 is 1.38. The lowest BCUT2D eigenvalue weighted by atomic mass is 10.1. The Morgan fingerprint density at radius 2 is 1.73 bits per heavy atom. The van der Waals surface area contributed by atoms with Gasteiger partial charge in [-0.3, -0.25) is 19.8 Å². The van der Waals surface area contributed by atoms with Crippen molar-refractivity contribution in [3.05, 3.63) is 44.7 Å². The molecule has 1 saturated heterocycles. The van der Waals surface area contributed by atoms with Crippen molar-refractivity contribution >= 4 is 22.3 Å². The van der Waals surface area contributed by atoms with E-state index in [4.69, 9.17) is 0 Å². The van der Waals surface area contributed by atoms with E-state index in [1.165, 1.54) is 30.3 Å². The first-order chi connectivity index (χ1) is 12.6. The van der Waals surface area contributed by atoms with Crippen molar-refractivity contribution in [3.8, 4) is 0 Å². The normalized spacial score (nSPS) is 19.3. The van der Waals surface area contributed by atoms with E-state index in [1.807, 2.05) is 29.2 Å². The van der Waals surface area contributed by atoms with Gasteiger partial charge in [-0.1, -0.05) is 31.0 Å². The van der Waals surface area contributed by atoms with Crippen molar-refractivity contribution in [2.75, 3.05) is 31.1 Å². The molecule has 7 nitrogen and oxygen atoms in total. The molecule has 0 unspecified atom stereocenters. The Labute approximate surface area is 152 Å². The Kier molecular flexibility index (Phi) is 4.40. The van der Waals surface area contributed by atoms with Gasteiger partial charge in [0.25, 0.3) is 0 Å². The molecule has 0 N–H and O–H groups in total. The van der Waals surface area contributed by atoms with Gasteiger partial charge in [-0.15, -0.1) is 0 Å². The van der Waals surface area contributed by atoms with Crippen molar-refractivity contribution in [1.82, 2.24) is 9.47 Å². The van der Waals surface area contributed by atoms with Gasteiger partial charge in [0.05, 0.1) is 10.4 Å². The van der Waals surface area contributed by atoms with Crippen LogP contribution in [0, 0.1) is 10.1 Å². The predicted octanol–water partition coefficient (Wildman–Crippen LogP) is 2.51. The lowest BCUT2D eigenvalue weighted by Gasteiger charge is -2.39. The number of aryl methyl sites for hydroxylation is 1. The van der Waals surface area contributed by atoms with E-state index in [-0.39, 0.29) is 5.69 Å². The second kappa shape index (κ2) is 6.72. The number of aromatic nitrogens is 1. The van der Waals surface area contributed by atoms with Crippen molar-refractivity contribution in [2.45, 2.75) is 31.7 Å². The first-order valence-electron chi connectivity index (χ1n) is 9.33. The fraction of sp³-hybridized carbons (Fsp3) is 0.526. The van der Waals surface area contributed by atoms with E-state index in [2.05, 4.69) is 4.90 Å². The van der Waals surface area contributed by atoms with E-state index < -0.39 is 10.5 Å². The number of rotatable bonds is 3. The van der Waals surface area contributed by atoms with Gasteiger partial charge >= 0.3 is 11.2 Å². The summed E-state index contributed by atoms with van der Waals surface area (Å²) in [6, 6.07) is 8.11. The number of anilines is 1. The zero-order valence-electron chi connectivity index (χ0n) is 15.1. The summed E-state index contributed by atoms with van der Waals surface area (Å²) in [7, 11) is 1.60. The van der Waals surface area contributed by atoms with Crippen LogP contribution >= 0.6 is 0 Å². The van der Waals surface area contributed by atoms with Crippen LogP contribution in [0.15, 0.2) is 29.1 Å². The Balaban J connectivity index is 1.74. The van der Waals surface area contributed by atoms with Crippen molar-refractivity contribution in [3.63, 3.8) is 0 Å². The number of nitrogens with zero attached hydrogens (tertiary/aromatic N) is 4. The molecule has 7 heteroatoms. The zero-order valence-corrected chi connectivity index (χ0v) is 15.1. The van der Waals surface area contributed by atoms with E-state index in [0.717, 1.165) is 24.0 Å². The molecule has 0 atom stereocenters. The molecule has 0 spiro atoms. The smallest absolute Gasteiger partial charge is 0.357 e. The molecule has 1 aliphatic heterocycles. The number of piperazine rings is 1. The number of nitro groups is 1. The molecule has 1 aromatic carbocycles. The molecule has 2 fully saturated rings. The lowest BCUT2D eigenvalue weighted by molar-refractivity contribution is -0.385. The van der Waals surface area contributed by atoms with E-state index in [9.17, 15) is 14.9 Å². The van der Waals surface area contributed by atoms with Crippen LogP contribution < -0.4 is 10.5 Å². The second-order valence-electron chi connectivity index (χ2n) is 7.30. The maximum atomic E-state index is 12.6. The molecular formula is C19H24N4O3. The molecule has 0 bridgehead atoms. The third-order valence-electron chi connectivity index (χ3n) is 5.91. The van der Waals surface area contributed by atoms with E-state index in [1.54, 1.807) is 7.05 Å². The van der Waals surface area contributed by atoms with Crippen LogP contribution in [-0.4, -0.2) is 46.6 Å². The Morgan fingerprint density at radius 3 is 2.38 bits per heavy atom. The molecule has 1 aromatic heterocycles. The van der Waals surface area contributed by atoms with Crippen LogP contribution in [0.1, 0.15) is 25.7 Å². The molecule has 2 heterocycles. The number of benzene rings is 1. The first-order valence-corrected chi connectivity index (χ1v) is 9.33. The van der Waals surface area contributed by atoms with Gasteiger partial charge in [-0.05, 0) is 18.9 Å². The molecule has 2 aromatic rings. The fourth-order valence-electron chi connectivity index (χ4n) is 4.53. The topological polar surface area (TPSA) is 71.6 Å². The molecule has 4 rings (SSSR count). The largest absolute Gasteiger partial charge is 0.363 e. The number of para-hydroxylation sites is 1. The number of hydrogen-bond donors (Lipinski definition) is 0. The quantitative estimate of drug-likeness (QED) is 0.624. The monoisotopic (exact) mass is 356 g/mol. The van der Waals surface area contributed by atoms with Gasteiger partial charge in [0.1, 0.15) is 5.69 Å². The fourth-order valence-corrected chi connectivity index (χ4v) is 4.53. The van der Waals surface area contributed by atoms with Gasteiger partial charge in [-0.25, -0.2) is 0 Å². The third kappa shape index (κ3) is 2.76. The van der Waals surface area contributed by atoms with E-state index >= 15 is 0 Å². The maximum absolute atomic E-state index is 12.6. The SMILES string of the molecule is Cn1c(=O)c([N+](=O)[O-])c(N2CCN(C3CCCC3)CC2)c2ccccc21. The first kappa shape index (κ1) is 17.0. The summed E-state index contributed by atoms with van der Waals surface area (Å²) >= 11 is 0. The van der Waals surface area contributed by atoms with Crippen LogP contribution in [-0.2, 0) is 7.05 Å². The highest BCUT2D eigenvalue weighted by Gasteiger charge is 2.32. The van der Waals surface area contributed by atoms with Crippen LogP contribution in [0.25, 0.3) is 10.9 Å². The van der Waals surface area contributed by atoms with Crippen molar-refractivity contribution < 1.29 is 4.92 Å². The second-order valence-corrected chi connectivity index (χ2v) is 7.30. The van der Waals surface area contributed by atoms with Crippen LogP contribution in [0.4, 0.5) is 11.4 Å². The highest BCUT2D eigenvalue weighted by molar-refractivity contribution is 5.96. The summed E-state index contributed by atoms with van der Waals surface area (Å²) in [5.41, 5.74) is 0.374. The molecule has 0 amide bonds. The summed E-state index contributed by atoms with van der Waals surface area (Å²) in [6.45, 7) is 3.22. The van der Waals surface area contributed by atoms with Gasteiger partial charge in [0, 0.05) is 44.7 Å². The minimum Gasteiger partial charge on any atom is -0.363 e. The summed E-state index contributed by atoms with van der Waals surface area (Å²) in [5.74, 6) is 0. The molecular weight excluding hydrogens is 332 g/mol. The van der Waals surface area contributed by atoms with Gasteiger partial charge in [0.15, 0.2) is 0 Å². The van der Waals surface area contributed by atoms with Crippen molar-refractivity contribution in [2.24, 2.45) is 7.05 Å². The summed E-state index contributed by atoms with van der Waals surface area (Å²) in [5, 5.41) is 12.5. The minimum atomic E-state index is -0.540. The number of hydrogen-bond acceptors (Lipinski definition) is 5. The molecule has 1 aliphatic carbocycles. The number of fused-ring (bicyclic) bond motifs is 1. The predicted molar refractivity (Wildman–Crippen MR) is 102 cm³/mol. The standard InChI is InChI=1S/C19H24N4O3/c1-20-16-9-5-4-8-15(16)17(18(19(20)24)23(25)26)22-12-10-21(11-13-22)14-6-2-3-7-14/h4-5,8-9,14H,2-3,6-7,10-13H2,1H3. The van der Waals surface area contributed by atoms with Crippen molar-refractivity contribution in [1.29, 1.82) is 0 Å². The van der Waals surface area contributed by atoms with Crippen LogP contribution in [0.3, 0.4) is 0 Å².